The standard InChI is InChI=1S/C19H26N2O2/c1-13(2)19(23)21-11-5-8-17(21)18(22)20-16-10-9-14-6-3-4-7-15(14)12-16/h3-4,6-7,13,16-17H,5,8-12H2,1-2H3,(H,20,22)/t16-,17+/m1/s1. The maximum atomic E-state index is 12.7. The highest BCUT2D eigenvalue weighted by molar-refractivity contribution is 5.89. The Kier molecular flexibility index (Phi) is 4.69. The van der Waals surface area contributed by atoms with E-state index in [1.165, 1.54) is 11.1 Å². The van der Waals surface area contributed by atoms with E-state index in [0.717, 1.165) is 32.1 Å². The fourth-order valence-corrected chi connectivity index (χ4v) is 3.75. The molecule has 1 N–H and O–H groups in total. The molecule has 4 heteroatoms. The van der Waals surface area contributed by atoms with E-state index in [1.54, 1.807) is 4.90 Å². The summed E-state index contributed by atoms with van der Waals surface area (Å²) in [5, 5.41) is 3.19. The Labute approximate surface area is 138 Å². The van der Waals surface area contributed by atoms with Crippen LogP contribution in [0.4, 0.5) is 0 Å². The second-order valence-corrected chi connectivity index (χ2v) is 7.06. The lowest BCUT2D eigenvalue weighted by molar-refractivity contribution is -0.141. The van der Waals surface area contributed by atoms with Crippen molar-refractivity contribution in [1.82, 2.24) is 10.2 Å². The number of hydrogen-bond donors (Lipinski definition) is 1. The molecule has 1 aliphatic heterocycles. The number of nitrogens with zero attached hydrogens (tertiary/aromatic N) is 1. The summed E-state index contributed by atoms with van der Waals surface area (Å²) >= 11 is 0. The average Bonchev–Trinajstić information content (AvgIpc) is 3.03. The average molecular weight is 314 g/mol. The Balaban J connectivity index is 1.62. The van der Waals surface area contributed by atoms with Gasteiger partial charge >= 0.3 is 0 Å². The molecule has 4 nitrogen and oxygen atoms in total. The lowest BCUT2D eigenvalue weighted by Gasteiger charge is -2.30. The van der Waals surface area contributed by atoms with Crippen molar-refractivity contribution >= 4 is 11.8 Å². The van der Waals surface area contributed by atoms with Crippen molar-refractivity contribution < 1.29 is 9.59 Å². The number of benzene rings is 1. The number of aryl methyl sites for hydroxylation is 1. The van der Waals surface area contributed by atoms with E-state index in [9.17, 15) is 9.59 Å². The topological polar surface area (TPSA) is 49.4 Å². The van der Waals surface area contributed by atoms with Crippen molar-refractivity contribution in [2.24, 2.45) is 5.92 Å². The third-order valence-electron chi connectivity index (χ3n) is 5.03. The molecule has 0 spiro atoms. The third kappa shape index (κ3) is 3.41. The molecule has 0 unspecified atom stereocenters. The van der Waals surface area contributed by atoms with Crippen LogP contribution in [0.3, 0.4) is 0 Å². The maximum Gasteiger partial charge on any atom is 0.243 e. The van der Waals surface area contributed by atoms with Gasteiger partial charge < -0.3 is 10.2 Å². The smallest absolute Gasteiger partial charge is 0.243 e. The maximum absolute atomic E-state index is 12.7. The van der Waals surface area contributed by atoms with E-state index in [0.29, 0.717) is 6.54 Å². The summed E-state index contributed by atoms with van der Waals surface area (Å²) < 4.78 is 0. The molecule has 0 saturated carbocycles. The molecular formula is C19H26N2O2. The zero-order chi connectivity index (χ0) is 16.4. The molecule has 2 atom stereocenters. The minimum absolute atomic E-state index is 0.0286. The lowest BCUT2D eigenvalue weighted by atomic mass is 9.88. The number of likely N-dealkylation sites (tertiary alicyclic amines) is 1. The Hall–Kier alpha value is -1.84. The first-order valence-electron chi connectivity index (χ1n) is 8.74. The van der Waals surface area contributed by atoms with Crippen molar-refractivity contribution in [3.8, 4) is 0 Å². The van der Waals surface area contributed by atoms with E-state index >= 15 is 0 Å². The highest BCUT2D eigenvalue weighted by Gasteiger charge is 2.35. The second kappa shape index (κ2) is 6.73. The first kappa shape index (κ1) is 16.0. The van der Waals surface area contributed by atoms with Crippen LogP contribution in [0.5, 0.6) is 0 Å². The highest BCUT2D eigenvalue weighted by atomic mass is 16.2. The molecule has 1 fully saturated rings. The van der Waals surface area contributed by atoms with E-state index in [1.807, 2.05) is 13.8 Å². The van der Waals surface area contributed by atoms with Crippen LogP contribution >= 0.6 is 0 Å². The molecule has 1 saturated heterocycles. The predicted molar refractivity (Wildman–Crippen MR) is 90.0 cm³/mol. The van der Waals surface area contributed by atoms with Crippen LogP contribution in [0.1, 0.15) is 44.2 Å². The SMILES string of the molecule is CC(C)C(=O)N1CCC[C@H]1C(=O)N[C@@H]1CCc2ccccc2C1. The van der Waals surface area contributed by atoms with Crippen LogP contribution in [0.15, 0.2) is 24.3 Å². The predicted octanol–water partition coefficient (Wildman–Crippen LogP) is 2.31. The monoisotopic (exact) mass is 314 g/mol. The molecule has 0 bridgehead atoms. The second-order valence-electron chi connectivity index (χ2n) is 7.06. The summed E-state index contributed by atoms with van der Waals surface area (Å²) in [5.41, 5.74) is 2.74. The number of nitrogens with one attached hydrogen (secondary N) is 1. The van der Waals surface area contributed by atoms with Gasteiger partial charge in [-0.05, 0) is 43.2 Å². The fraction of sp³-hybridized carbons (Fsp3) is 0.579. The van der Waals surface area contributed by atoms with E-state index in [-0.39, 0.29) is 29.8 Å². The van der Waals surface area contributed by atoms with E-state index < -0.39 is 0 Å². The number of amides is 2. The van der Waals surface area contributed by atoms with Gasteiger partial charge in [-0.2, -0.15) is 0 Å². The van der Waals surface area contributed by atoms with Crippen molar-refractivity contribution in [2.45, 2.75) is 58.0 Å². The highest BCUT2D eigenvalue weighted by Crippen LogP contribution is 2.23. The number of carbonyl (C=O) groups is 2. The number of hydrogen-bond acceptors (Lipinski definition) is 2. The summed E-state index contributed by atoms with van der Waals surface area (Å²) in [6.45, 7) is 4.50. The van der Waals surface area contributed by atoms with Gasteiger partial charge in [-0.25, -0.2) is 0 Å². The Morgan fingerprint density at radius 1 is 1.17 bits per heavy atom. The normalized spacial score (nSPS) is 23.7. The zero-order valence-corrected chi connectivity index (χ0v) is 14.0. The Morgan fingerprint density at radius 3 is 2.65 bits per heavy atom. The Morgan fingerprint density at radius 2 is 1.91 bits per heavy atom. The molecule has 2 amide bonds. The van der Waals surface area contributed by atoms with E-state index in [2.05, 4.69) is 29.6 Å². The largest absolute Gasteiger partial charge is 0.351 e. The quantitative estimate of drug-likeness (QED) is 0.931. The van der Waals surface area contributed by atoms with Gasteiger partial charge in [0.15, 0.2) is 0 Å². The summed E-state index contributed by atoms with van der Waals surface area (Å²) in [5.74, 6) is 0.0717. The van der Waals surface area contributed by atoms with Crippen LogP contribution < -0.4 is 5.32 Å². The fourth-order valence-electron chi connectivity index (χ4n) is 3.75. The van der Waals surface area contributed by atoms with Gasteiger partial charge in [0.05, 0.1) is 0 Å². The van der Waals surface area contributed by atoms with Crippen molar-refractivity contribution in [2.75, 3.05) is 6.54 Å². The van der Waals surface area contributed by atoms with Crippen LogP contribution in [0, 0.1) is 5.92 Å². The number of rotatable bonds is 3. The van der Waals surface area contributed by atoms with Crippen molar-refractivity contribution in [3.05, 3.63) is 35.4 Å². The summed E-state index contributed by atoms with van der Waals surface area (Å²) in [4.78, 5) is 26.7. The molecule has 1 aromatic carbocycles. The van der Waals surface area contributed by atoms with Crippen LogP contribution in [-0.2, 0) is 22.4 Å². The van der Waals surface area contributed by atoms with Gasteiger partial charge in [-0.15, -0.1) is 0 Å². The zero-order valence-electron chi connectivity index (χ0n) is 14.0. The van der Waals surface area contributed by atoms with Crippen molar-refractivity contribution in [1.29, 1.82) is 0 Å². The van der Waals surface area contributed by atoms with Gasteiger partial charge in [-0.1, -0.05) is 38.1 Å². The minimum Gasteiger partial charge on any atom is -0.351 e. The summed E-state index contributed by atoms with van der Waals surface area (Å²) in [7, 11) is 0. The third-order valence-corrected chi connectivity index (χ3v) is 5.03. The molecule has 124 valence electrons. The Bertz CT molecular complexity index is 597. The molecule has 3 rings (SSSR count). The molecule has 23 heavy (non-hydrogen) atoms. The van der Waals surface area contributed by atoms with Crippen LogP contribution in [-0.4, -0.2) is 35.3 Å². The molecule has 2 aliphatic rings. The van der Waals surface area contributed by atoms with Gasteiger partial charge in [0.25, 0.3) is 0 Å². The molecule has 1 aliphatic carbocycles. The molecule has 0 radical (unpaired) electrons. The van der Waals surface area contributed by atoms with Gasteiger partial charge in [0.1, 0.15) is 6.04 Å². The number of fused-ring (bicyclic) bond motifs is 1. The van der Waals surface area contributed by atoms with Gasteiger partial charge in [0, 0.05) is 18.5 Å². The lowest BCUT2D eigenvalue weighted by Crippen LogP contribution is -2.50. The van der Waals surface area contributed by atoms with Crippen LogP contribution in [0.25, 0.3) is 0 Å². The van der Waals surface area contributed by atoms with Crippen LogP contribution in [0.2, 0.25) is 0 Å². The minimum atomic E-state index is -0.276. The molecule has 0 aromatic heterocycles. The molecular weight excluding hydrogens is 288 g/mol. The molecule has 1 heterocycles. The van der Waals surface area contributed by atoms with E-state index in [4.69, 9.17) is 0 Å². The molecule has 1 aromatic rings. The van der Waals surface area contributed by atoms with Crippen molar-refractivity contribution in [3.63, 3.8) is 0 Å². The summed E-state index contributed by atoms with van der Waals surface area (Å²) in [6.07, 6.45) is 4.60. The van der Waals surface area contributed by atoms with Gasteiger partial charge in [0.2, 0.25) is 11.8 Å². The van der Waals surface area contributed by atoms with Gasteiger partial charge in [-0.3, -0.25) is 9.59 Å². The summed E-state index contributed by atoms with van der Waals surface area (Å²) in [6, 6.07) is 8.37. The number of carbonyl (C=O) groups excluding carboxylic acids is 2. The first-order valence-corrected chi connectivity index (χ1v) is 8.74. The first-order chi connectivity index (χ1) is 11.1.